The standard InChI is InChI=1S/C16H20N2O/c1-13(2)19-16-5-3-4-15(10-16)12-18-11-14-6-8-17-9-7-14/h3-10,13,18H,11-12H2,1-2H3. The van der Waals surface area contributed by atoms with Crippen LogP contribution in [0, 0.1) is 0 Å². The Balaban J connectivity index is 1.86. The molecule has 2 rings (SSSR count). The van der Waals surface area contributed by atoms with Crippen molar-refractivity contribution in [3.8, 4) is 5.75 Å². The van der Waals surface area contributed by atoms with Gasteiger partial charge in [0.05, 0.1) is 6.10 Å². The average molecular weight is 256 g/mol. The molecule has 0 radical (unpaired) electrons. The lowest BCUT2D eigenvalue weighted by Crippen LogP contribution is -2.13. The van der Waals surface area contributed by atoms with Crippen molar-refractivity contribution in [2.75, 3.05) is 0 Å². The molecular formula is C16H20N2O. The lowest BCUT2D eigenvalue weighted by molar-refractivity contribution is 0.242. The van der Waals surface area contributed by atoms with E-state index >= 15 is 0 Å². The zero-order valence-electron chi connectivity index (χ0n) is 11.5. The van der Waals surface area contributed by atoms with Crippen molar-refractivity contribution in [3.63, 3.8) is 0 Å². The Bertz CT molecular complexity index is 497. The van der Waals surface area contributed by atoms with Gasteiger partial charge in [-0.2, -0.15) is 0 Å². The SMILES string of the molecule is CC(C)Oc1cccc(CNCc2ccncc2)c1. The summed E-state index contributed by atoms with van der Waals surface area (Å²) in [5.41, 5.74) is 2.47. The molecule has 0 aliphatic rings. The second kappa shape index (κ2) is 6.90. The van der Waals surface area contributed by atoms with Crippen LogP contribution >= 0.6 is 0 Å². The molecule has 0 amide bonds. The Morgan fingerprint density at radius 3 is 2.53 bits per heavy atom. The third kappa shape index (κ3) is 4.72. The molecule has 0 saturated heterocycles. The van der Waals surface area contributed by atoms with Crippen LogP contribution in [0.25, 0.3) is 0 Å². The highest BCUT2D eigenvalue weighted by Crippen LogP contribution is 2.14. The van der Waals surface area contributed by atoms with E-state index in [1.165, 1.54) is 11.1 Å². The molecule has 0 atom stereocenters. The molecule has 100 valence electrons. The Labute approximate surface area is 114 Å². The van der Waals surface area contributed by atoms with Crippen LogP contribution in [0.4, 0.5) is 0 Å². The number of rotatable bonds is 6. The predicted molar refractivity (Wildman–Crippen MR) is 77.0 cm³/mol. The van der Waals surface area contributed by atoms with Crippen LogP contribution in [0.1, 0.15) is 25.0 Å². The molecule has 1 aromatic heterocycles. The number of hydrogen-bond acceptors (Lipinski definition) is 3. The van der Waals surface area contributed by atoms with Gasteiger partial charge in [-0.25, -0.2) is 0 Å². The summed E-state index contributed by atoms with van der Waals surface area (Å²) < 4.78 is 5.68. The maximum atomic E-state index is 5.68. The lowest BCUT2D eigenvalue weighted by atomic mass is 10.2. The molecule has 0 aliphatic carbocycles. The number of hydrogen-bond donors (Lipinski definition) is 1. The van der Waals surface area contributed by atoms with Gasteiger partial charge in [-0.15, -0.1) is 0 Å². The maximum absolute atomic E-state index is 5.68. The van der Waals surface area contributed by atoms with Crippen molar-refractivity contribution >= 4 is 0 Å². The van der Waals surface area contributed by atoms with Gasteiger partial charge in [-0.1, -0.05) is 12.1 Å². The first-order chi connectivity index (χ1) is 9.24. The van der Waals surface area contributed by atoms with Crippen molar-refractivity contribution in [1.29, 1.82) is 0 Å². The summed E-state index contributed by atoms with van der Waals surface area (Å²) in [7, 11) is 0. The summed E-state index contributed by atoms with van der Waals surface area (Å²) in [6, 6.07) is 12.2. The summed E-state index contributed by atoms with van der Waals surface area (Å²) in [4.78, 5) is 4.01. The first-order valence-corrected chi connectivity index (χ1v) is 6.59. The minimum Gasteiger partial charge on any atom is -0.491 e. The van der Waals surface area contributed by atoms with Gasteiger partial charge in [0.15, 0.2) is 0 Å². The van der Waals surface area contributed by atoms with E-state index in [1.807, 2.05) is 50.5 Å². The van der Waals surface area contributed by atoms with Gasteiger partial charge >= 0.3 is 0 Å². The fourth-order valence-electron chi connectivity index (χ4n) is 1.85. The van der Waals surface area contributed by atoms with Gasteiger partial charge in [0.1, 0.15) is 5.75 Å². The molecule has 3 heteroatoms. The molecule has 0 saturated carbocycles. The van der Waals surface area contributed by atoms with Gasteiger partial charge in [-0.3, -0.25) is 4.98 Å². The van der Waals surface area contributed by atoms with E-state index in [-0.39, 0.29) is 6.10 Å². The number of nitrogens with zero attached hydrogens (tertiary/aromatic N) is 1. The van der Waals surface area contributed by atoms with E-state index in [4.69, 9.17) is 4.74 Å². The quantitative estimate of drug-likeness (QED) is 0.862. The molecule has 0 spiro atoms. The predicted octanol–water partition coefficient (Wildman–Crippen LogP) is 3.16. The first-order valence-electron chi connectivity index (χ1n) is 6.59. The van der Waals surface area contributed by atoms with Crippen molar-refractivity contribution in [3.05, 3.63) is 59.9 Å². The molecule has 0 fully saturated rings. The van der Waals surface area contributed by atoms with Crippen LogP contribution in [-0.2, 0) is 13.1 Å². The summed E-state index contributed by atoms with van der Waals surface area (Å²) in [5.74, 6) is 0.929. The summed E-state index contributed by atoms with van der Waals surface area (Å²) in [5, 5.41) is 3.42. The highest BCUT2D eigenvalue weighted by atomic mass is 16.5. The molecule has 1 N–H and O–H groups in total. The molecule has 0 bridgehead atoms. The topological polar surface area (TPSA) is 34.1 Å². The Kier molecular flexibility index (Phi) is 4.93. The van der Waals surface area contributed by atoms with Crippen molar-refractivity contribution in [2.24, 2.45) is 0 Å². The normalized spacial score (nSPS) is 10.7. The van der Waals surface area contributed by atoms with E-state index < -0.39 is 0 Å². The highest BCUT2D eigenvalue weighted by molar-refractivity contribution is 5.28. The molecule has 0 aliphatic heterocycles. The zero-order chi connectivity index (χ0) is 13.5. The van der Waals surface area contributed by atoms with Gasteiger partial charge in [0.25, 0.3) is 0 Å². The Hall–Kier alpha value is -1.87. The molecular weight excluding hydrogens is 236 g/mol. The third-order valence-corrected chi connectivity index (χ3v) is 2.68. The highest BCUT2D eigenvalue weighted by Gasteiger charge is 1.99. The smallest absolute Gasteiger partial charge is 0.120 e. The fourth-order valence-corrected chi connectivity index (χ4v) is 1.85. The summed E-state index contributed by atoms with van der Waals surface area (Å²) >= 11 is 0. The van der Waals surface area contributed by atoms with E-state index in [0.29, 0.717) is 0 Å². The van der Waals surface area contributed by atoms with E-state index in [0.717, 1.165) is 18.8 Å². The van der Waals surface area contributed by atoms with Gasteiger partial charge < -0.3 is 10.1 Å². The third-order valence-electron chi connectivity index (χ3n) is 2.68. The number of nitrogens with one attached hydrogen (secondary N) is 1. The Morgan fingerprint density at radius 2 is 1.79 bits per heavy atom. The second-order valence-electron chi connectivity index (χ2n) is 4.77. The van der Waals surface area contributed by atoms with E-state index in [9.17, 15) is 0 Å². The minimum absolute atomic E-state index is 0.208. The zero-order valence-corrected chi connectivity index (χ0v) is 11.5. The Morgan fingerprint density at radius 1 is 1.05 bits per heavy atom. The van der Waals surface area contributed by atoms with Gasteiger partial charge in [0, 0.05) is 25.5 Å². The largest absolute Gasteiger partial charge is 0.491 e. The number of benzene rings is 1. The van der Waals surface area contributed by atoms with E-state index in [2.05, 4.69) is 22.4 Å². The first kappa shape index (κ1) is 13.6. The van der Waals surface area contributed by atoms with Crippen LogP contribution in [0.2, 0.25) is 0 Å². The van der Waals surface area contributed by atoms with Crippen LogP contribution in [-0.4, -0.2) is 11.1 Å². The van der Waals surface area contributed by atoms with Gasteiger partial charge in [-0.05, 0) is 49.2 Å². The maximum Gasteiger partial charge on any atom is 0.120 e. The van der Waals surface area contributed by atoms with Crippen molar-refractivity contribution < 1.29 is 4.74 Å². The van der Waals surface area contributed by atoms with Crippen LogP contribution in [0.15, 0.2) is 48.8 Å². The minimum atomic E-state index is 0.208. The van der Waals surface area contributed by atoms with Crippen LogP contribution in [0.3, 0.4) is 0 Å². The van der Waals surface area contributed by atoms with E-state index in [1.54, 1.807) is 0 Å². The molecule has 0 unspecified atom stereocenters. The average Bonchev–Trinajstić information content (AvgIpc) is 2.40. The monoisotopic (exact) mass is 256 g/mol. The molecule has 1 aromatic carbocycles. The van der Waals surface area contributed by atoms with Crippen molar-refractivity contribution in [2.45, 2.75) is 33.0 Å². The summed E-state index contributed by atoms with van der Waals surface area (Å²) in [6.45, 7) is 5.75. The molecule has 1 heterocycles. The fraction of sp³-hybridized carbons (Fsp3) is 0.312. The van der Waals surface area contributed by atoms with Crippen molar-refractivity contribution in [1.82, 2.24) is 10.3 Å². The summed E-state index contributed by atoms with van der Waals surface area (Å²) in [6.07, 6.45) is 3.84. The van der Waals surface area contributed by atoms with Crippen LogP contribution in [0.5, 0.6) is 5.75 Å². The lowest BCUT2D eigenvalue weighted by Gasteiger charge is -2.11. The van der Waals surface area contributed by atoms with Crippen LogP contribution < -0.4 is 10.1 Å². The number of aromatic nitrogens is 1. The van der Waals surface area contributed by atoms with Gasteiger partial charge in [0.2, 0.25) is 0 Å². The number of ether oxygens (including phenoxy) is 1. The molecule has 2 aromatic rings. The number of pyridine rings is 1. The molecule has 3 nitrogen and oxygen atoms in total. The molecule has 19 heavy (non-hydrogen) atoms. The second-order valence-corrected chi connectivity index (χ2v) is 4.77.